The summed E-state index contributed by atoms with van der Waals surface area (Å²) in [5, 5.41) is 12.9. The Balaban J connectivity index is 1.68. The first-order chi connectivity index (χ1) is 13.8. The molecule has 0 saturated carbocycles. The van der Waals surface area contributed by atoms with Gasteiger partial charge in [-0.1, -0.05) is 24.3 Å². The molecular weight excluding hydrogens is 400 g/mol. The van der Waals surface area contributed by atoms with Gasteiger partial charge in [-0.15, -0.1) is 0 Å². The summed E-state index contributed by atoms with van der Waals surface area (Å²) in [6.07, 6.45) is 0. The van der Waals surface area contributed by atoms with Gasteiger partial charge < -0.3 is 9.47 Å². The number of nitro benzene ring substituents is 1. The molecule has 0 unspecified atom stereocenters. The van der Waals surface area contributed by atoms with Gasteiger partial charge in [-0.25, -0.2) is 0 Å². The molecule has 0 aliphatic heterocycles. The number of amides is 2. The number of aryl methyl sites for hydroxylation is 1. The maximum Gasteiger partial charge on any atom is 0.276 e. The fourth-order valence-corrected chi connectivity index (χ4v) is 2.22. The van der Waals surface area contributed by atoms with E-state index < -0.39 is 23.3 Å². The van der Waals surface area contributed by atoms with Gasteiger partial charge in [-0.05, 0) is 36.8 Å². The second-order valence-corrected chi connectivity index (χ2v) is 6.06. The summed E-state index contributed by atoms with van der Waals surface area (Å²) in [7, 11) is 0. The Hall–Kier alpha value is -3.73. The van der Waals surface area contributed by atoms with E-state index in [2.05, 4.69) is 16.2 Å². The van der Waals surface area contributed by atoms with Gasteiger partial charge in [-0.2, -0.15) is 0 Å². The summed E-state index contributed by atoms with van der Waals surface area (Å²) in [6.45, 7) is 1.18. The molecule has 0 aromatic heterocycles. The number of nitro groups is 1. The van der Waals surface area contributed by atoms with Crippen LogP contribution in [0, 0.1) is 17.0 Å². The fraction of sp³-hybridized carbons (Fsp3) is 0.167. The molecule has 0 spiro atoms. The molecule has 0 aliphatic carbocycles. The second kappa shape index (κ2) is 10.6. The van der Waals surface area contributed by atoms with Crippen molar-refractivity contribution in [2.24, 2.45) is 0 Å². The molecule has 2 aromatic carbocycles. The number of rotatable bonds is 7. The van der Waals surface area contributed by atoms with E-state index in [0.29, 0.717) is 5.75 Å². The van der Waals surface area contributed by atoms with Gasteiger partial charge in [0.15, 0.2) is 18.3 Å². The highest BCUT2D eigenvalue weighted by Crippen LogP contribution is 2.18. The Morgan fingerprint density at radius 2 is 1.76 bits per heavy atom. The number of carbonyl (C=O) groups excluding carboxylic acids is 2. The van der Waals surface area contributed by atoms with Crippen LogP contribution >= 0.6 is 12.2 Å². The van der Waals surface area contributed by atoms with Crippen LogP contribution in [-0.4, -0.2) is 35.1 Å². The summed E-state index contributed by atoms with van der Waals surface area (Å²) in [5.41, 5.74) is 5.31. The zero-order valence-corrected chi connectivity index (χ0v) is 16.2. The number of nitrogens with one attached hydrogen (secondary N) is 3. The average molecular weight is 418 g/mol. The maximum atomic E-state index is 11.8. The van der Waals surface area contributed by atoms with E-state index in [0.717, 1.165) is 5.56 Å². The first-order valence-corrected chi connectivity index (χ1v) is 8.70. The van der Waals surface area contributed by atoms with Crippen LogP contribution in [0.15, 0.2) is 48.5 Å². The van der Waals surface area contributed by atoms with Crippen LogP contribution in [0.1, 0.15) is 5.56 Å². The third kappa shape index (κ3) is 7.42. The van der Waals surface area contributed by atoms with Crippen molar-refractivity contribution in [3.05, 3.63) is 64.2 Å². The van der Waals surface area contributed by atoms with Crippen LogP contribution in [0.5, 0.6) is 11.5 Å². The first-order valence-electron chi connectivity index (χ1n) is 8.29. The van der Waals surface area contributed by atoms with Crippen LogP contribution in [-0.2, 0) is 9.59 Å². The van der Waals surface area contributed by atoms with Gasteiger partial charge in [0.25, 0.3) is 17.5 Å². The number of nitrogens with zero attached hydrogens (tertiary/aromatic N) is 1. The van der Waals surface area contributed by atoms with Crippen molar-refractivity contribution >= 4 is 34.8 Å². The Labute approximate surface area is 171 Å². The lowest BCUT2D eigenvalue weighted by atomic mass is 10.2. The molecule has 152 valence electrons. The first kappa shape index (κ1) is 21.6. The zero-order valence-electron chi connectivity index (χ0n) is 15.3. The number of hydrogen-bond acceptors (Lipinski definition) is 7. The standard InChI is InChI=1S/C18H18N4O6S/c1-12-5-2-3-8-15(12)28-10-16(23)19-18(29)21-20-17(24)11-27-14-7-4-6-13(9-14)22(25)26/h2-9H,10-11H2,1H3,(H,20,24)(H2,19,21,23,29). The van der Waals surface area contributed by atoms with Gasteiger partial charge in [0.1, 0.15) is 11.5 Å². The molecule has 2 rings (SSSR count). The average Bonchev–Trinajstić information content (AvgIpc) is 2.70. The van der Waals surface area contributed by atoms with E-state index in [1.54, 1.807) is 12.1 Å². The SMILES string of the molecule is Cc1ccccc1OCC(=O)NC(=S)NNC(=O)COc1cccc([N+](=O)[O-])c1. The molecule has 11 heteroatoms. The minimum atomic E-state index is -0.607. The summed E-state index contributed by atoms with van der Waals surface area (Å²) in [5.74, 6) is -0.371. The second-order valence-electron chi connectivity index (χ2n) is 5.65. The number of thiocarbonyl (C=S) groups is 1. The molecule has 0 saturated heterocycles. The van der Waals surface area contributed by atoms with Crippen molar-refractivity contribution in [3.8, 4) is 11.5 Å². The number of para-hydroxylation sites is 1. The van der Waals surface area contributed by atoms with Crippen molar-refractivity contribution in [1.82, 2.24) is 16.2 Å². The van der Waals surface area contributed by atoms with Crippen LogP contribution in [0.2, 0.25) is 0 Å². The maximum absolute atomic E-state index is 11.8. The molecule has 0 aliphatic rings. The van der Waals surface area contributed by atoms with Crippen LogP contribution in [0.4, 0.5) is 5.69 Å². The normalized spacial score (nSPS) is 9.83. The lowest BCUT2D eigenvalue weighted by Crippen LogP contribution is -2.50. The quantitative estimate of drug-likeness (QED) is 0.349. The van der Waals surface area contributed by atoms with E-state index in [1.807, 2.05) is 19.1 Å². The molecule has 0 atom stereocenters. The lowest BCUT2D eigenvalue weighted by Gasteiger charge is -2.12. The van der Waals surface area contributed by atoms with Crippen LogP contribution < -0.4 is 25.6 Å². The molecule has 0 radical (unpaired) electrons. The minimum Gasteiger partial charge on any atom is -0.483 e. The monoisotopic (exact) mass is 418 g/mol. The predicted molar refractivity (Wildman–Crippen MR) is 107 cm³/mol. The highest BCUT2D eigenvalue weighted by atomic mass is 32.1. The molecule has 29 heavy (non-hydrogen) atoms. The van der Waals surface area contributed by atoms with E-state index in [4.69, 9.17) is 21.7 Å². The molecule has 0 heterocycles. The fourth-order valence-electron chi connectivity index (χ4n) is 2.05. The Morgan fingerprint density at radius 3 is 2.48 bits per heavy atom. The highest BCUT2D eigenvalue weighted by molar-refractivity contribution is 7.80. The third-order valence-corrected chi connectivity index (χ3v) is 3.62. The van der Waals surface area contributed by atoms with Crippen LogP contribution in [0.3, 0.4) is 0 Å². The summed E-state index contributed by atoms with van der Waals surface area (Å²) in [6, 6.07) is 12.6. The Bertz CT molecular complexity index is 921. The molecule has 2 aromatic rings. The zero-order chi connectivity index (χ0) is 21.2. The Morgan fingerprint density at radius 1 is 1.03 bits per heavy atom. The van der Waals surface area contributed by atoms with Crippen molar-refractivity contribution in [2.45, 2.75) is 6.92 Å². The smallest absolute Gasteiger partial charge is 0.276 e. The number of non-ortho nitro benzene ring substituents is 1. The number of hydrazine groups is 1. The van der Waals surface area contributed by atoms with Gasteiger partial charge >= 0.3 is 0 Å². The summed E-state index contributed by atoms with van der Waals surface area (Å²) in [4.78, 5) is 33.7. The minimum absolute atomic E-state index is 0.132. The molecule has 2 amide bonds. The summed E-state index contributed by atoms with van der Waals surface area (Å²) < 4.78 is 10.5. The van der Waals surface area contributed by atoms with Crippen molar-refractivity contribution in [2.75, 3.05) is 13.2 Å². The van der Waals surface area contributed by atoms with E-state index >= 15 is 0 Å². The largest absolute Gasteiger partial charge is 0.483 e. The summed E-state index contributed by atoms with van der Waals surface area (Å²) >= 11 is 4.90. The number of ether oxygens (including phenoxy) is 2. The van der Waals surface area contributed by atoms with Crippen molar-refractivity contribution in [1.29, 1.82) is 0 Å². The van der Waals surface area contributed by atoms with E-state index in [9.17, 15) is 19.7 Å². The van der Waals surface area contributed by atoms with Gasteiger partial charge in [0.05, 0.1) is 11.0 Å². The topological polar surface area (TPSA) is 132 Å². The molecule has 10 nitrogen and oxygen atoms in total. The van der Waals surface area contributed by atoms with Gasteiger partial charge in [-0.3, -0.25) is 35.9 Å². The molecule has 0 bridgehead atoms. The van der Waals surface area contributed by atoms with Crippen LogP contribution in [0.25, 0.3) is 0 Å². The lowest BCUT2D eigenvalue weighted by molar-refractivity contribution is -0.384. The van der Waals surface area contributed by atoms with Crippen molar-refractivity contribution in [3.63, 3.8) is 0 Å². The highest BCUT2D eigenvalue weighted by Gasteiger charge is 2.10. The van der Waals surface area contributed by atoms with E-state index in [-0.39, 0.29) is 23.2 Å². The Kier molecular flexibility index (Phi) is 7.86. The molecule has 3 N–H and O–H groups in total. The van der Waals surface area contributed by atoms with E-state index in [1.165, 1.54) is 24.3 Å². The molecule has 0 fully saturated rings. The number of benzene rings is 2. The van der Waals surface area contributed by atoms with Crippen molar-refractivity contribution < 1.29 is 24.0 Å². The van der Waals surface area contributed by atoms with Gasteiger partial charge in [0, 0.05) is 6.07 Å². The number of carbonyl (C=O) groups is 2. The third-order valence-electron chi connectivity index (χ3n) is 3.42. The van der Waals surface area contributed by atoms with Gasteiger partial charge in [0.2, 0.25) is 0 Å². The number of hydrogen-bond donors (Lipinski definition) is 3. The molecular formula is C18H18N4O6S. The predicted octanol–water partition coefficient (Wildman–Crippen LogP) is 1.38.